The Balaban J connectivity index is 2.06. The van der Waals surface area contributed by atoms with Gasteiger partial charge in [0.2, 0.25) is 0 Å². The Kier molecular flexibility index (Phi) is 6.84. The number of methoxy groups -OCH3 is 1. The molecule has 170 valence electrons. The van der Waals surface area contributed by atoms with Gasteiger partial charge in [0.1, 0.15) is 11.5 Å². The zero-order valence-electron chi connectivity index (χ0n) is 18.9. The summed E-state index contributed by atoms with van der Waals surface area (Å²) in [4.78, 5) is 0. The van der Waals surface area contributed by atoms with E-state index in [0.29, 0.717) is 17.9 Å². The third-order valence-corrected chi connectivity index (χ3v) is 5.18. The molecule has 3 nitrogen and oxygen atoms in total. The van der Waals surface area contributed by atoms with Crippen LogP contribution in [0.1, 0.15) is 31.9 Å². The van der Waals surface area contributed by atoms with Crippen LogP contribution < -0.4 is 14.8 Å². The molecule has 32 heavy (non-hydrogen) atoms. The van der Waals surface area contributed by atoms with E-state index < -0.39 is 6.36 Å². The Morgan fingerprint density at radius 2 is 1.47 bits per heavy atom. The van der Waals surface area contributed by atoms with Crippen molar-refractivity contribution in [1.82, 2.24) is 5.32 Å². The van der Waals surface area contributed by atoms with Crippen molar-refractivity contribution in [2.24, 2.45) is 0 Å². The summed E-state index contributed by atoms with van der Waals surface area (Å²) in [7, 11) is 3.30. The highest BCUT2D eigenvalue weighted by Crippen LogP contribution is 2.37. The maximum atomic E-state index is 12.6. The molecule has 0 radical (unpaired) electrons. The number of hydrogen-bond donors (Lipinski definition) is 1. The largest absolute Gasteiger partial charge is 0.573 e. The summed E-state index contributed by atoms with van der Waals surface area (Å²) in [5.41, 5.74) is 5.98. The molecule has 0 aromatic heterocycles. The first-order valence-electron chi connectivity index (χ1n) is 10.3. The third-order valence-electron chi connectivity index (χ3n) is 5.18. The number of benzene rings is 3. The zero-order chi connectivity index (χ0) is 23.5. The summed E-state index contributed by atoms with van der Waals surface area (Å²) >= 11 is 0. The third kappa shape index (κ3) is 5.82. The summed E-state index contributed by atoms with van der Waals surface area (Å²) in [6, 6.07) is 18.7. The molecule has 0 spiro atoms. The molecule has 0 bridgehead atoms. The monoisotopic (exact) mass is 443 g/mol. The van der Waals surface area contributed by atoms with E-state index in [9.17, 15) is 13.2 Å². The van der Waals surface area contributed by atoms with Gasteiger partial charge in [-0.15, -0.1) is 13.2 Å². The summed E-state index contributed by atoms with van der Waals surface area (Å²) in [5.74, 6) is -0.00939. The minimum absolute atomic E-state index is 0.0608. The second kappa shape index (κ2) is 9.25. The SMILES string of the molecule is CNCc1cc(-c2ccc(C(C)(C)C)cc2)cc(-c2ccc(OC(F)(F)F)cc2OC)c1. The van der Waals surface area contributed by atoms with Crippen molar-refractivity contribution in [2.45, 2.75) is 39.1 Å². The van der Waals surface area contributed by atoms with Gasteiger partial charge in [-0.25, -0.2) is 0 Å². The fourth-order valence-corrected chi connectivity index (χ4v) is 3.59. The van der Waals surface area contributed by atoms with Crippen LogP contribution in [0.25, 0.3) is 22.3 Å². The molecule has 6 heteroatoms. The van der Waals surface area contributed by atoms with Gasteiger partial charge >= 0.3 is 6.36 Å². The van der Waals surface area contributed by atoms with Crippen molar-refractivity contribution in [3.05, 3.63) is 71.8 Å². The molecule has 0 heterocycles. The molecule has 0 fully saturated rings. The van der Waals surface area contributed by atoms with Gasteiger partial charge in [-0.05, 0) is 70.6 Å². The minimum Gasteiger partial charge on any atom is -0.496 e. The van der Waals surface area contributed by atoms with Crippen molar-refractivity contribution in [3.63, 3.8) is 0 Å². The summed E-state index contributed by atoms with van der Waals surface area (Å²) in [5, 5.41) is 3.16. The lowest BCUT2D eigenvalue weighted by atomic mass is 9.86. The highest BCUT2D eigenvalue weighted by atomic mass is 19.4. The van der Waals surface area contributed by atoms with Gasteiger partial charge in [0.05, 0.1) is 7.11 Å². The van der Waals surface area contributed by atoms with Crippen LogP contribution >= 0.6 is 0 Å². The molecule has 0 saturated heterocycles. The van der Waals surface area contributed by atoms with Gasteiger partial charge in [-0.3, -0.25) is 0 Å². The van der Waals surface area contributed by atoms with Gasteiger partial charge in [-0.1, -0.05) is 45.0 Å². The zero-order valence-corrected chi connectivity index (χ0v) is 18.9. The van der Waals surface area contributed by atoms with E-state index in [1.54, 1.807) is 6.07 Å². The average molecular weight is 444 g/mol. The number of ether oxygens (including phenoxy) is 2. The first-order valence-corrected chi connectivity index (χ1v) is 10.3. The normalized spacial score (nSPS) is 12.0. The average Bonchev–Trinajstić information content (AvgIpc) is 2.72. The van der Waals surface area contributed by atoms with E-state index in [-0.39, 0.29) is 11.2 Å². The van der Waals surface area contributed by atoms with E-state index in [0.717, 1.165) is 22.3 Å². The number of alkyl halides is 3. The maximum Gasteiger partial charge on any atom is 0.573 e. The Morgan fingerprint density at radius 3 is 2.03 bits per heavy atom. The molecule has 0 amide bonds. The summed E-state index contributed by atoms with van der Waals surface area (Å²) in [6.07, 6.45) is -4.76. The van der Waals surface area contributed by atoms with E-state index >= 15 is 0 Å². The van der Waals surface area contributed by atoms with Crippen molar-refractivity contribution in [3.8, 4) is 33.8 Å². The summed E-state index contributed by atoms with van der Waals surface area (Å²) in [6.45, 7) is 7.17. The molecule has 0 aliphatic carbocycles. The molecule has 3 aromatic carbocycles. The minimum atomic E-state index is -4.76. The number of halogens is 3. The highest BCUT2D eigenvalue weighted by Gasteiger charge is 2.31. The van der Waals surface area contributed by atoms with Crippen LogP contribution in [0.5, 0.6) is 11.5 Å². The van der Waals surface area contributed by atoms with Crippen LogP contribution in [-0.4, -0.2) is 20.5 Å². The van der Waals surface area contributed by atoms with Gasteiger partial charge in [0.15, 0.2) is 0 Å². The molecular formula is C26H28F3NO2. The fraction of sp³-hybridized carbons (Fsp3) is 0.308. The highest BCUT2D eigenvalue weighted by molar-refractivity contribution is 5.78. The molecule has 0 saturated carbocycles. The van der Waals surface area contributed by atoms with Crippen molar-refractivity contribution < 1.29 is 22.6 Å². The quantitative estimate of drug-likeness (QED) is 0.447. The fourth-order valence-electron chi connectivity index (χ4n) is 3.59. The molecule has 0 aliphatic heterocycles. The topological polar surface area (TPSA) is 30.5 Å². The molecule has 0 aliphatic rings. The number of hydrogen-bond acceptors (Lipinski definition) is 3. The Bertz CT molecular complexity index is 1070. The predicted molar refractivity (Wildman–Crippen MR) is 122 cm³/mol. The molecular weight excluding hydrogens is 415 g/mol. The summed E-state index contributed by atoms with van der Waals surface area (Å²) < 4.78 is 47.3. The second-order valence-corrected chi connectivity index (χ2v) is 8.69. The van der Waals surface area contributed by atoms with Crippen LogP contribution in [0.3, 0.4) is 0 Å². The molecule has 0 atom stereocenters. The lowest BCUT2D eigenvalue weighted by Crippen LogP contribution is -2.17. The van der Waals surface area contributed by atoms with Crippen LogP contribution in [0, 0.1) is 0 Å². The maximum absolute atomic E-state index is 12.6. The Labute approximate surface area is 187 Å². The lowest BCUT2D eigenvalue weighted by molar-refractivity contribution is -0.274. The number of rotatable bonds is 6. The van der Waals surface area contributed by atoms with Crippen LogP contribution in [0.15, 0.2) is 60.7 Å². The standard InChI is InChI=1S/C26H28F3NO2/c1-25(2,3)21-8-6-18(7-9-21)19-12-17(16-30-4)13-20(14-19)23-11-10-22(15-24(23)31-5)32-26(27,28)29/h6-15,30H,16H2,1-5H3. The van der Waals surface area contributed by atoms with Crippen molar-refractivity contribution in [1.29, 1.82) is 0 Å². The molecule has 1 N–H and O–H groups in total. The van der Waals surface area contributed by atoms with Gasteiger partial charge < -0.3 is 14.8 Å². The Morgan fingerprint density at radius 1 is 0.812 bits per heavy atom. The lowest BCUT2D eigenvalue weighted by Gasteiger charge is -2.19. The second-order valence-electron chi connectivity index (χ2n) is 8.69. The van der Waals surface area contributed by atoms with E-state index in [4.69, 9.17) is 4.74 Å². The van der Waals surface area contributed by atoms with Crippen molar-refractivity contribution in [2.75, 3.05) is 14.2 Å². The molecule has 3 rings (SSSR count). The van der Waals surface area contributed by atoms with E-state index in [2.05, 4.69) is 61.2 Å². The first-order chi connectivity index (χ1) is 15.0. The van der Waals surface area contributed by atoms with Crippen molar-refractivity contribution >= 4 is 0 Å². The van der Waals surface area contributed by atoms with Crippen LogP contribution in [0.2, 0.25) is 0 Å². The number of nitrogens with one attached hydrogen (secondary N) is 1. The smallest absolute Gasteiger partial charge is 0.496 e. The Hall–Kier alpha value is -2.99. The van der Waals surface area contributed by atoms with E-state index in [1.807, 2.05) is 19.2 Å². The molecule has 0 unspecified atom stereocenters. The van der Waals surface area contributed by atoms with Gasteiger partial charge in [-0.2, -0.15) is 0 Å². The van der Waals surface area contributed by atoms with E-state index in [1.165, 1.54) is 24.8 Å². The van der Waals surface area contributed by atoms with Gasteiger partial charge in [0.25, 0.3) is 0 Å². The van der Waals surface area contributed by atoms with Crippen LogP contribution in [-0.2, 0) is 12.0 Å². The van der Waals surface area contributed by atoms with Crippen LogP contribution in [0.4, 0.5) is 13.2 Å². The van der Waals surface area contributed by atoms with Gasteiger partial charge in [0, 0.05) is 18.2 Å². The predicted octanol–water partition coefficient (Wildman–Crippen LogP) is 6.94. The first kappa shape index (κ1) is 23.7. The molecule has 3 aromatic rings.